The molecule has 1 heteroatoms. The lowest BCUT2D eigenvalue weighted by Crippen LogP contribution is -2.19. The molecule has 0 atom stereocenters. The Balaban J connectivity index is 5.05. The van der Waals surface area contributed by atoms with Crippen molar-refractivity contribution in [3.8, 4) is 0 Å². The second kappa shape index (κ2) is 10.7. The molecular formula is C20H37N. The molecular weight excluding hydrogens is 254 g/mol. The minimum Gasteiger partial charge on any atom is -0.332 e. The number of hydrogen-bond donors (Lipinski definition) is 0. The van der Waals surface area contributed by atoms with Crippen molar-refractivity contribution in [1.82, 2.24) is 4.90 Å². The molecule has 0 aliphatic carbocycles. The van der Waals surface area contributed by atoms with E-state index in [1.54, 1.807) is 0 Å². The average molecular weight is 292 g/mol. The third kappa shape index (κ3) is 10.4. The summed E-state index contributed by atoms with van der Waals surface area (Å²) in [7, 11) is 0. The third-order valence-corrected chi connectivity index (χ3v) is 3.42. The van der Waals surface area contributed by atoms with Crippen LogP contribution in [-0.2, 0) is 0 Å². The van der Waals surface area contributed by atoms with Gasteiger partial charge in [0.15, 0.2) is 0 Å². The molecule has 0 heterocycles. The van der Waals surface area contributed by atoms with E-state index in [4.69, 9.17) is 0 Å². The SMILES string of the molecule is CCC=CN(C=CCC)C=CC(C)(CC(C)C)CC(C)C. The molecule has 0 aliphatic heterocycles. The van der Waals surface area contributed by atoms with E-state index in [1.807, 2.05) is 0 Å². The largest absolute Gasteiger partial charge is 0.332 e. The third-order valence-electron chi connectivity index (χ3n) is 3.42. The number of hydrogen-bond acceptors (Lipinski definition) is 1. The molecule has 122 valence electrons. The highest BCUT2D eigenvalue weighted by molar-refractivity contribution is 5.04. The van der Waals surface area contributed by atoms with Gasteiger partial charge in [-0.2, -0.15) is 0 Å². The molecule has 0 bridgehead atoms. The van der Waals surface area contributed by atoms with Crippen LogP contribution in [0.25, 0.3) is 0 Å². The van der Waals surface area contributed by atoms with Gasteiger partial charge in [0.1, 0.15) is 0 Å². The number of rotatable bonds is 10. The van der Waals surface area contributed by atoms with Crippen molar-refractivity contribution >= 4 is 0 Å². The predicted molar refractivity (Wildman–Crippen MR) is 96.9 cm³/mol. The van der Waals surface area contributed by atoms with E-state index in [0.29, 0.717) is 0 Å². The number of allylic oxidation sites excluding steroid dienone is 3. The topological polar surface area (TPSA) is 3.24 Å². The fourth-order valence-electron chi connectivity index (χ4n) is 2.95. The van der Waals surface area contributed by atoms with Gasteiger partial charge >= 0.3 is 0 Å². The van der Waals surface area contributed by atoms with Gasteiger partial charge in [0, 0.05) is 18.6 Å². The summed E-state index contributed by atoms with van der Waals surface area (Å²) in [5.41, 5.74) is 0.278. The summed E-state index contributed by atoms with van der Waals surface area (Å²) in [6.07, 6.45) is 18.0. The van der Waals surface area contributed by atoms with Crippen LogP contribution in [0.3, 0.4) is 0 Å². The Kier molecular flexibility index (Phi) is 10.2. The van der Waals surface area contributed by atoms with Gasteiger partial charge in [-0.3, -0.25) is 0 Å². The maximum absolute atomic E-state index is 2.41. The summed E-state index contributed by atoms with van der Waals surface area (Å²) in [5.74, 6) is 1.45. The summed E-state index contributed by atoms with van der Waals surface area (Å²) in [5, 5.41) is 0. The first kappa shape index (κ1) is 20.0. The van der Waals surface area contributed by atoms with E-state index in [0.717, 1.165) is 24.7 Å². The molecule has 0 aliphatic rings. The molecule has 0 amide bonds. The van der Waals surface area contributed by atoms with E-state index in [2.05, 4.69) is 90.2 Å². The van der Waals surface area contributed by atoms with Crippen LogP contribution in [0, 0.1) is 17.3 Å². The maximum Gasteiger partial charge on any atom is 0.00472 e. The second-order valence-corrected chi connectivity index (χ2v) is 7.20. The fourth-order valence-corrected chi connectivity index (χ4v) is 2.95. The first-order valence-electron chi connectivity index (χ1n) is 8.63. The molecule has 0 aromatic heterocycles. The van der Waals surface area contributed by atoms with Crippen LogP contribution in [0.2, 0.25) is 0 Å². The van der Waals surface area contributed by atoms with Crippen LogP contribution < -0.4 is 0 Å². The molecule has 0 saturated heterocycles. The minimum absolute atomic E-state index is 0.278. The summed E-state index contributed by atoms with van der Waals surface area (Å²) >= 11 is 0. The van der Waals surface area contributed by atoms with Gasteiger partial charge in [0.25, 0.3) is 0 Å². The van der Waals surface area contributed by atoms with Crippen molar-refractivity contribution in [3.63, 3.8) is 0 Å². The second-order valence-electron chi connectivity index (χ2n) is 7.20. The predicted octanol–water partition coefficient (Wildman–Crippen LogP) is 6.75. The van der Waals surface area contributed by atoms with E-state index >= 15 is 0 Å². The minimum atomic E-state index is 0.278. The molecule has 0 aromatic carbocycles. The Labute approximate surface area is 133 Å². The highest BCUT2D eigenvalue weighted by Crippen LogP contribution is 2.34. The molecule has 0 saturated carbocycles. The molecule has 0 aromatic rings. The molecule has 21 heavy (non-hydrogen) atoms. The summed E-state index contributed by atoms with van der Waals surface area (Å²) in [6, 6.07) is 0. The van der Waals surface area contributed by atoms with Gasteiger partial charge in [-0.15, -0.1) is 0 Å². The lowest BCUT2D eigenvalue weighted by molar-refractivity contribution is 0.271. The highest BCUT2D eigenvalue weighted by atomic mass is 15.1. The lowest BCUT2D eigenvalue weighted by atomic mass is 9.76. The van der Waals surface area contributed by atoms with Crippen molar-refractivity contribution in [2.75, 3.05) is 0 Å². The summed E-state index contributed by atoms with van der Waals surface area (Å²) in [4.78, 5) is 2.19. The quantitative estimate of drug-likeness (QED) is 0.430. The average Bonchev–Trinajstić information content (AvgIpc) is 2.35. The Morgan fingerprint density at radius 2 is 1.24 bits per heavy atom. The van der Waals surface area contributed by atoms with Gasteiger partial charge < -0.3 is 4.90 Å². The van der Waals surface area contributed by atoms with Crippen LogP contribution in [0.15, 0.2) is 36.8 Å². The monoisotopic (exact) mass is 291 g/mol. The summed E-state index contributed by atoms with van der Waals surface area (Å²) < 4.78 is 0. The van der Waals surface area contributed by atoms with Crippen LogP contribution >= 0.6 is 0 Å². The molecule has 0 spiro atoms. The van der Waals surface area contributed by atoms with Crippen LogP contribution in [0.5, 0.6) is 0 Å². The fraction of sp³-hybridized carbons (Fsp3) is 0.700. The smallest absolute Gasteiger partial charge is 0.00472 e. The molecule has 0 radical (unpaired) electrons. The first-order valence-corrected chi connectivity index (χ1v) is 8.63. The van der Waals surface area contributed by atoms with Crippen molar-refractivity contribution in [1.29, 1.82) is 0 Å². The Hall–Kier alpha value is -0.980. The Morgan fingerprint density at radius 1 is 0.810 bits per heavy atom. The Bertz CT molecular complexity index is 310. The van der Waals surface area contributed by atoms with Gasteiger partial charge in [0.2, 0.25) is 0 Å². The first-order chi connectivity index (χ1) is 9.83. The molecule has 0 unspecified atom stereocenters. The molecule has 0 N–H and O–H groups in total. The molecule has 0 rings (SSSR count). The zero-order chi connectivity index (χ0) is 16.3. The van der Waals surface area contributed by atoms with Crippen molar-refractivity contribution < 1.29 is 0 Å². The molecule has 0 fully saturated rings. The standard InChI is InChI=1S/C20H37N/c1-8-10-13-21(14-11-9-2)15-12-20(7,16-18(3)4)17-19(5)6/h10-15,18-19H,8-9,16-17H2,1-7H3. The lowest BCUT2D eigenvalue weighted by Gasteiger charge is -2.30. The van der Waals surface area contributed by atoms with Gasteiger partial charge in [0.05, 0.1) is 0 Å². The van der Waals surface area contributed by atoms with Gasteiger partial charge in [-0.25, -0.2) is 0 Å². The Morgan fingerprint density at radius 3 is 1.57 bits per heavy atom. The molecule has 1 nitrogen and oxygen atoms in total. The van der Waals surface area contributed by atoms with E-state index in [1.165, 1.54) is 12.8 Å². The maximum atomic E-state index is 2.41. The van der Waals surface area contributed by atoms with Crippen molar-refractivity contribution in [2.45, 2.75) is 74.1 Å². The summed E-state index contributed by atoms with van der Waals surface area (Å²) in [6.45, 7) is 16.0. The van der Waals surface area contributed by atoms with E-state index in [9.17, 15) is 0 Å². The van der Waals surface area contributed by atoms with E-state index in [-0.39, 0.29) is 5.41 Å². The highest BCUT2D eigenvalue weighted by Gasteiger charge is 2.23. The zero-order valence-electron chi connectivity index (χ0n) is 15.4. The van der Waals surface area contributed by atoms with Crippen LogP contribution in [0.4, 0.5) is 0 Å². The van der Waals surface area contributed by atoms with Gasteiger partial charge in [-0.05, 0) is 42.9 Å². The van der Waals surface area contributed by atoms with Crippen molar-refractivity contribution in [2.24, 2.45) is 17.3 Å². The van der Waals surface area contributed by atoms with Crippen molar-refractivity contribution in [3.05, 3.63) is 36.8 Å². The zero-order valence-corrected chi connectivity index (χ0v) is 15.4. The van der Waals surface area contributed by atoms with Crippen LogP contribution in [0.1, 0.15) is 74.1 Å². The van der Waals surface area contributed by atoms with E-state index < -0.39 is 0 Å². The van der Waals surface area contributed by atoms with Gasteiger partial charge in [-0.1, -0.05) is 66.7 Å². The normalized spacial score (nSPS) is 13.6. The van der Waals surface area contributed by atoms with Crippen LogP contribution in [-0.4, -0.2) is 4.90 Å². The number of nitrogens with zero attached hydrogens (tertiary/aromatic N) is 1.